The first-order chi connectivity index (χ1) is 19.4. The van der Waals surface area contributed by atoms with Gasteiger partial charge in [-0.15, -0.1) is 0 Å². The van der Waals surface area contributed by atoms with Crippen LogP contribution in [0.15, 0.2) is 80.9 Å². The number of nitrogens with zero attached hydrogens (tertiary/aromatic N) is 3. The molecule has 0 spiro atoms. The summed E-state index contributed by atoms with van der Waals surface area (Å²) in [5.74, 6) is -0.0800. The first-order valence-electron chi connectivity index (χ1n) is 13.8. The molecule has 1 fully saturated rings. The van der Waals surface area contributed by atoms with Crippen LogP contribution in [0.5, 0.6) is 0 Å². The number of nitrogens with one attached hydrogen (secondary N) is 1. The first kappa shape index (κ1) is 27.2. The van der Waals surface area contributed by atoms with Crippen LogP contribution in [-0.4, -0.2) is 45.5 Å². The zero-order chi connectivity index (χ0) is 28.1. The predicted octanol–water partition coefficient (Wildman–Crippen LogP) is 3.57. The maximum atomic E-state index is 13.7. The lowest BCUT2D eigenvalue weighted by Gasteiger charge is -2.31. The van der Waals surface area contributed by atoms with E-state index >= 15 is 0 Å². The average Bonchev–Trinajstić information content (AvgIpc) is 3.51. The topological polar surface area (TPSA) is 107 Å². The molecule has 9 heteroatoms. The summed E-state index contributed by atoms with van der Waals surface area (Å²) in [6.45, 7) is 0.137. The molecule has 5 rings (SSSR count). The van der Waals surface area contributed by atoms with Crippen LogP contribution >= 0.6 is 0 Å². The van der Waals surface area contributed by atoms with Crippen molar-refractivity contribution in [3.8, 4) is 0 Å². The lowest BCUT2D eigenvalue weighted by atomic mass is 9.94. The highest BCUT2D eigenvalue weighted by molar-refractivity contribution is 5.98. The average molecular weight is 543 g/mol. The van der Waals surface area contributed by atoms with E-state index in [2.05, 4.69) is 5.32 Å². The second kappa shape index (κ2) is 12.2. The van der Waals surface area contributed by atoms with E-state index in [4.69, 9.17) is 4.42 Å². The Kier molecular flexibility index (Phi) is 8.28. The molecule has 0 saturated heterocycles. The lowest BCUT2D eigenvalue weighted by molar-refractivity contribution is -0.133. The number of carbonyl (C=O) groups is 2. The fourth-order valence-corrected chi connectivity index (χ4v) is 5.39. The Labute approximate surface area is 232 Å². The fourth-order valence-electron chi connectivity index (χ4n) is 5.39. The number of fused-ring (bicyclic) bond motifs is 1. The van der Waals surface area contributed by atoms with Gasteiger partial charge in [0, 0.05) is 25.2 Å². The maximum absolute atomic E-state index is 13.7. The molecule has 0 bridgehead atoms. The molecule has 1 N–H and O–H groups in total. The Morgan fingerprint density at radius 1 is 0.975 bits per heavy atom. The van der Waals surface area contributed by atoms with E-state index in [1.807, 2.05) is 30.3 Å². The molecule has 0 unspecified atom stereocenters. The summed E-state index contributed by atoms with van der Waals surface area (Å²) in [5, 5.41) is 3.16. The van der Waals surface area contributed by atoms with Crippen LogP contribution in [0.1, 0.15) is 53.8 Å². The van der Waals surface area contributed by atoms with Crippen LogP contribution < -0.4 is 16.6 Å². The number of aromatic nitrogens is 2. The molecule has 0 atom stereocenters. The Hall–Kier alpha value is -4.40. The zero-order valence-corrected chi connectivity index (χ0v) is 22.7. The van der Waals surface area contributed by atoms with Gasteiger partial charge in [-0.05, 0) is 55.2 Å². The van der Waals surface area contributed by atoms with Crippen molar-refractivity contribution < 1.29 is 14.0 Å². The second-order valence-electron chi connectivity index (χ2n) is 10.4. The molecule has 0 radical (unpaired) electrons. The third-order valence-corrected chi connectivity index (χ3v) is 7.73. The molecule has 2 aromatic heterocycles. The van der Waals surface area contributed by atoms with Crippen molar-refractivity contribution >= 4 is 22.7 Å². The molecule has 4 aromatic rings. The summed E-state index contributed by atoms with van der Waals surface area (Å²) < 4.78 is 7.77. The maximum Gasteiger partial charge on any atom is 0.332 e. The van der Waals surface area contributed by atoms with Crippen LogP contribution in [0, 0.1) is 0 Å². The van der Waals surface area contributed by atoms with Crippen molar-refractivity contribution in [2.45, 2.75) is 57.7 Å². The summed E-state index contributed by atoms with van der Waals surface area (Å²) in [4.78, 5) is 55.2. The fraction of sp³-hybridized carbons (Fsp3) is 0.355. The number of benzene rings is 2. The van der Waals surface area contributed by atoms with E-state index in [0.29, 0.717) is 24.3 Å². The molecular formula is C31H34N4O5. The molecule has 40 heavy (non-hydrogen) atoms. The van der Waals surface area contributed by atoms with E-state index < -0.39 is 11.2 Å². The highest BCUT2D eigenvalue weighted by atomic mass is 16.3. The minimum atomic E-state index is -0.624. The number of hydrogen-bond donors (Lipinski definition) is 1. The van der Waals surface area contributed by atoms with Gasteiger partial charge < -0.3 is 14.6 Å². The molecule has 1 aliphatic rings. The van der Waals surface area contributed by atoms with E-state index in [-0.39, 0.29) is 41.8 Å². The molecule has 1 aliphatic carbocycles. The van der Waals surface area contributed by atoms with Gasteiger partial charge in [0.2, 0.25) is 5.91 Å². The van der Waals surface area contributed by atoms with Gasteiger partial charge in [0.05, 0.1) is 23.7 Å². The normalized spacial score (nSPS) is 13.8. The van der Waals surface area contributed by atoms with Crippen molar-refractivity contribution in [2.75, 3.05) is 13.6 Å². The first-order valence-corrected chi connectivity index (χ1v) is 13.8. The molecule has 2 aromatic carbocycles. The molecule has 2 amide bonds. The number of rotatable bonds is 9. The minimum Gasteiger partial charge on any atom is -0.467 e. The summed E-state index contributed by atoms with van der Waals surface area (Å²) in [6, 6.07) is 18.0. The van der Waals surface area contributed by atoms with Gasteiger partial charge in [0.1, 0.15) is 12.3 Å². The number of hydrogen-bond acceptors (Lipinski definition) is 5. The van der Waals surface area contributed by atoms with E-state index in [1.54, 1.807) is 36.2 Å². The summed E-state index contributed by atoms with van der Waals surface area (Å²) in [5.41, 5.74) is 0.544. The molecular weight excluding hydrogens is 508 g/mol. The quantitative estimate of drug-likeness (QED) is 0.348. The number of amides is 2. The molecule has 0 aliphatic heterocycles. The number of furan rings is 1. The minimum absolute atomic E-state index is 0.0605. The Bertz CT molecular complexity index is 1600. The third-order valence-electron chi connectivity index (χ3n) is 7.73. The largest absolute Gasteiger partial charge is 0.467 e. The van der Waals surface area contributed by atoms with Crippen LogP contribution in [0.25, 0.3) is 10.9 Å². The molecule has 2 heterocycles. The zero-order valence-electron chi connectivity index (χ0n) is 22.7. The third kappa shape index (κ3) is 5.93. The van der Waals surface area contributed by atoms with Gasteiger partial charge in [0.25, 0.3) is 11.5 Å². The van der Waals surface area contributed by atoms with Crippen molar-refractivity contribution in [3.05, 3.63) is 105 Å². The van der Waals surface area contributed by atoms with Gasteiger partial charge in [-0.25, -0.2) is 4.79 Å². The highest BCUT2D eigenvalue weighted by Gasteiger charge is 2.24. The number of carbonyl (C=O) groups excluding carboxylic acids is 2. The number of likely N-dealkylation sites (N-methyl/N-ethyl adjacent to an activating group) is 1. The van der Waals surface area contributed by atoms with E-state index in [0.717, 1.165) is 42.2 Å². The molecule has 1 saturated carbocycles. The van der Waals surface area contributed by atoms with E-state index in [1.165, 1.54) is 16.9 Å². The Morgan fingerprint density at radius 2 is 1.75 bits per heavy atom. The van der Waals surface area contributed by atoms with Crippen molar-refractivity contribution in [1.82, 2.24) is 19.4 Å². The van der Waals surface area contributed by atoms with Crippen LogP contribution in [-0.2, 0) is 24.3 Å². The SMILES string of the molecule is CN(C(=O)Cn1c(=O)n(Cc2ccco2)c(=O)c2ccc(C(=O)NCCc3ccccc3)cc21)C1CCCCC1. The monoisotopic (exact) mass is 542 g/mol. The van der Waals surface area contributed by atoms with Gasteiger partial charge in [-0.2, -0.15) is 0 Å². The van der Waals surface area contributed by atoms with Gasteiger partial charge >= 0.3 is 5.69 Å². The summed E-state index contributed by atoms with van der Waals surface area (Å²) in [6.07, 6.45) is 7.32. The Morgan fingerprint density at radius 3 is 2.48 bits per heavy atom. The van der Waals surface area contributed by atoms with Crippen molar-refractivity contribution in [1.29, 1.82) is 0 Å². The standard InChI is InChI=1S/C31H34N4O5/c1-33(24-11-6-3-7-12-24)28(36)21-34-27-19-23(29(37)32-17-16-22-9-4-2-5-10-22)14-15-26(27)30(38)35(31(34)39)20-25-13-8-18-40-25/h2,4-5,8-10,13-15,18-19,24H,3,6-7,11-12,16-17,20-21H2,1H3,(H,32,37). The Balaban J connectivity index is 1.47. The van der Waals surface area contributed by atoms with Crippen LogP contribution in [0.4, 0.5) is 0 Å². The van der Waals surface area contributed by atoms with Crippen molar-refractivity contribution in [3.63, 3.8) is 0 Å². The van der Waals surface area contributed by atoms with Crippen LogP contribution in [0.2, 0.25) is 0 Å². The molecule has 9 nitrogen and oxygen atoms in total. The summed E-state index contributed by atoms with van der Waals surface area (Å²) >= 11 is 0. The van der Waals surface area contributed by atoms with Gasteiger partial charge in [-0.3, -0.25) is 23.5 Å². The van der Waals surface area contributed by atoms with Crippen LogP contribution in [0.3, 0.4) is 0 Å². The van der Waals surface area contributed by atoms with Crippen molar-refractivity contribution in [2.24, 2.45) is 0 Å². The smallest absolute Gasteiger partial charge is 0.332 e. The highest BCUT2D eigenvalue weighted by Crippen LogP contribution is 2.22. The van der Waals surface area contributed by atoms with E-state index in [9.17, 15) is 19.2 Å². The lowest BCUT2D eigenvalue weighted by Crippen LogP contribution is -2.45. The molecule has 208 valence electrons. The predicted molar refractivity (Wildman–Crippen MR) is 152 cm³/mol. The summed E-state index contributed by atoms with van der Waals surface area (Å²) in [7, 11) is 1.77. The van der Waals surface area contributed by atoms with Gasteiger partial charge in [-0.1, -0.05) is 49.6 Å². The van der Waals surface area contributed by atoms with Gasteiger partial charge in [0.15, 0.2) is 0 Å². The second-order valence-corrected chi connectivity index (χ2v) is 10.4.